The Labute approximate surface area is 151 Å². The molecule has 0 aromatic heterocycles. The Morgan fingerprint density at radius 3 is 2.31 bits per heavy atom. The summed E-state index contributed by atoms with van der Waals surface area (Å²) in [5.41, 5.74) is 0.884. The summed E-state index contributed by atoms with van der Waals surface area (Å²) in [4.78, 5) is 24.2. The standard InChI is InChI=1S/C19H21NO6/c1-25-16(11-12-21)17(13-7-9-15(22)10-8-13)26-19(24)20-18(23)14-5-3-2-4-6-14/h2-10,16-17,21-22H,11-12H2,1H3,(H,20,23,24)/t16-,17-/m1/s1. The number of imide groups is 1. The average Bonchev–Trinajstić information content (AvgIpc) is 2.66. The Hall–Kier alpha value is -2.90. The zero-order valence-electron chi connectivity index (χ0n) is 14.3. The molecular formula is C19H21NO6. The van der Waals surface area contributed by atoms with Crippen molar-refractivity contribution >= 4 is 12.0 Å². The first-order chi connectivity index (χ1) is 12.5. The fourth-order valence-corrected chi connectivity index (χ4v) is 2.44. The summed E-state index contributed by atoms with van der Waals surface area (Å²) in [6.07, 6.45) is -2.20. The molecule has 0 aliphatic carbocycles. The molecule has 0 saturated carbocycles. The van der Waals surface area contributed by atoms with Crippen LogP contribution >= 0.6 is 0 Å². The molecule has 7 nitrogen and oxygen atoms in total. The van der Waals surface area contributed by atoms with E-state index in [2.05, 4.69) is 5.32 Å². The second-order valence-electron chi connectivity index (χ2n) is 5.52. The molecule has 0 unspecified atom stereocenters. The van der Waals surface area contributed by atoms with Crippen LogP contribution in [-0.2, 0) is 9.47 Å². The van der Waals surface area contributed by atoms with Gasteiger partial charge in [-0.15, -0.1) is 0 Å². The van der Waals surface area contributed by atoms with Crippen molar-refractivity contribution in [3.8, 4) is 5.75 Å². The summed E-state index contributed by atoms with van der Waals surface area (Å²) in [7, 11) is 1.43. The normalized spacial score (nSPS) is 12.8. The SMILES string of the molecule is CO[C@H](CCO)[C@H](OC(=O)NC(=O)c1ccccc1)c1ccc(O)cc1. The van der Waals surface area contributed by atoms with Crippen LogP contribution in [0.25, 0.3) is 0 Å². The molecule has 2 rings (SSSR count). The van der Waals surface area contributed by atoms with E-state index in [4.69, 9.17) is 9.47 Å². The molecule has 2 aromatic rings. The first-order valence-electron chi connectivity index (χ1n) is 8.04. The van der Waals surface area contributed by atoms with E-state index >= 15 is 0 Å². The van der Waals surface area contributed by atoms with Gasteiger partial charge in [0.2, 0.25) is 0 Å². The molecule has 2 amide bonds. The molecule has 0 aliphatic rings. The van der Waals surface area contributed by atoms with Gasteiger partial charge in [-0.2, -0.15) is 0 Å². The topological polar surface area (TPSA) is 105 Å². The Morgan fingerprint density at radius 2 is 1.73 bits per heavy atom. The molecular weight excluding hydrogens is 338 g/mol. The molecule has 3 N–H and O–H groups in total. The number of rotatable bonds is 7. The largest absolute Gasteiger partial charge is 0.508 e. The van der Waals surface area contributed by atoms with E-state index in [9.17, 15) is 19.8 Å². The van der Waals surface area contributed by atoms with Gasteiger partial charge in [0, 0.05) is 25.7 Å². The Balaban J connectivity index is 2.13. The molecule has 0 fully saturated rings. The van der Waals surface area contributed by atoms with E-state index in [-0.39, 0.29) is 18.8 Å². The number of aliphatic hydroxyl groups is 1. The molecule has 138 valence electrons. The van der Waals surface area contributed by atoms with Crippen LogP contribution in [0.4, 0.5) is 4.79 Å². The third-order valence-electron chi connectivity index (χ3n) is 3.76. The minimum Gasteiger partial charge on any atom is -0.508 e. The highest BCUT2D eigenvalue weighted by atomic mass is 16.6. The molecule has 0 radical (unpaired) electrons. The molecule has 0 saturated heterocycles. The van der Waals surface area contributed by atoms with E-state index in [1.165, 1.54) is 19.2 Å². The summed E-state index contributed by atoms with van der Waals surface area (Å²) < 4.78 is 10.7. The van der Waals surface area contributed by atoms with Crippen molar-refractivity contribution < 1.29 is 29.3 Å². The van der Waals surface area contributed by atoms with Crippen LogP contribution in [-0.4, -0.2) is 42.0 Å². The lowest BCUT2D eigenvalue weighted by atomic mass is 10.0. The van der Waals surface area contributed by atoms with Crippen molar-refractivity contribution in [1.29, 1.82) is 0 Å². The molecule has 0 aliphatic heterocycles. The van der Waals surface area contributed by atoms with Gasteiger partial charge in [0.1, 0.15) is 11.9 Å². The van der Waals surface area contributed by atoms with Crippen molar-refractivity contribution in [2.45, 2.75) is 18.6 Å². The Bertz CT molecular complexity index is 717. The maximum Gasteiger partial charge on any atom is 0.414 e. The molecule has 2 aromatic carbocycles. The number of amides is 2. The van der Waals surface area contributed by atoms with Crippen LogP contribution in [0.2, 0.25) is 0 Å². The number of aromatic hydroxyl groups is 1. The number of benzene rings is 2. The zero-order valence-corrected chi connectivity index (χ0v) is 14.3. The monoisotopic (exact) mass is 359 g/mol. The molecule has 0 bridgehead atoms. The number of phenols is 1. The Morgan fingerprint density at radius 1 is 1.08 bits per heavy atom. The van der Waals surface area contributed by atoms with Gasteiger partial charge in [-0.25, -0.2) is 4.79 Å². The molecule has 0 heterocycles. The summed E-state index contributed by atoms with van der Waals surface area (Å²) in [5.74, 6) is -0.525. The van der Waals surface area contributed by atoms with Crippen LogP contribution in [0.15, 0.2) is 54.6 Å². The fourth-order valence-electron chi connectivity index (χ4n) is 2.44. The highest BCUT2D eigenvalue weighted by molar-refractivity contribution is 6.02. The highest BCUT2D eigenvalue weighted by Crippen LogP contribution is 2.27. The van der Waals surface area contributed by atoms with E-state index in [0.29, 0.717) is 11.1 Å². The number of ether oxygens (including phenoxy) is 2. The number of carbonyl (C=O) groups is 2. The van der Waals surface area contributed by atoms with Gasteiger partial charge in [0.25, 0.3) is 5.91 Å². The van der Waals surface area contributed by atoms with Crippen LogP contribution < -0.4 is 5.32 Å². The van der Waals surface area contributed by atoms with Crippen LogP contribution in [0.3, 0.4) is 0 Å². The number of hydrogen-bond acceptors (Lipinski definition) is 6. The van der Waals surface area contributed by atoms with E-state index in [1.54, 1.807) is 42.5 Å². The number of methoxy groups -OCH3 is 1. The first-order valence-corrected chi connectivity index (χ1v) is 8.04. The van der Waals surface area contributed by atoms with Crippen molar-refractivity contribution in [1.82, 2.24) is 5.32 Å². The molecule has 26 heavy (non-hydrogen) atoms. The van der Waals surface area contributed by atoms with Gasteiger partial charge in [-0.1, -0.05) is 30.3 Å². The van der Waals surface area contributed by atoms with Crippen LogP contribution in [0.1, 0.15) is 28.4 Å². The number of hydrogen-bond donors (Lipinski definition) is 3. The maximum atomic E-state index is 12.2. The van der Waals surface area contributed by atoms with Crippen LogP contribution in [0, 0.1) is 0 Å². The summed E-state index contributed by atoms with van der Waals surface area (Å²) in [6.45, 7) is -0.166. The van der Waals surface area contributed by atoms with E-state index < -0.39 is 24.2 Å². The van der Waals surface area contributed by atoms with E-state index in [0.717, 1.165) is 0 Å². The van der Waals surface area contributed by atoms with Crippen molar-refractivity contribution in [2.75, 3.05) is 13.7 Å². The minimum atomic E-state index is -0.933. The van der Waals surface area contributed by atoms with Gasteiger partial charge in [0.15, 0.2) is 6.10 Å². The Kier molecular flexibility index (Phi) is 7.13. The fraction of sp³-hybridized carbons (Fsp3) is 0.263. The van der Waals surface area contributed by atoms with Gasteiger partial charge < -0.3 is 19.7 Å². The number of phenolic OH excluding ortho intramolecular Hbond substituents is 1. The van der Waals surface area contributed by atoms with Gasteiger partial charge in [0.05, 0.1) is 0 Å². The van der Waals surface area contributed by atoms with Crippen molar-refractivity contribution in [2.24, 2.45) is 0 Å². The lowest BCUT2D eigenvalue weighted by molar-refractivity contribution is -0.0337. The van der Waals surface area contributed by atoms with Crippen LogP contribution in [0.5, 0.6) is 5.75 Å². The summed E-state index contributed by atoms with van der Waals surface area (Å²) >= 11 is 0. The van der Waals surface area contributed by atoms with Gasteiger partial charge in [-0.3, -0.25) is 10.1 Å². The van der Waals surface area contributed by atoms with Gasteiger partial charge in [-0.05, 0) is 29.8 Å². The predicted molar refractivity (Wildman–Crippen MR) is 93.7 cm³/mol. The zero-order chi connectivity index (χ0) is 18.9. The van der Waals surface area contributed by atoms with Crippen molar-refractivity contribution in [3.05, 3.63) is 65.7 Å². The molecule has 0 spiro atoms. The highest BCUT2D eigenvalue weighted by Gasteiger charge is 2.27. The number of aliphatic hydroxyl groups excluding tert-OH is 1. The quantitative estimate of drug-likeness (QED) is 0.701. The minimum absolute atomic E-state index is 0.0623. The molecule has 2 atom stereocenters. The smallest absolute Gasteiger partial charge is 0.414 e. The van der Waals surface area contributed by atoms with Crippen molar-refractivity contribution in [3.63, 3.8) is 0 Å². The lowest BCUT2D eigenvalue weighted by Crippen LogP contribution is -2.35. The number of carbonyl (C=O) groups excluding carboxylic acids is 2. The third-order valence-corrected chi connectivity index (χ3v) is 3.76. The third kappa shape index (κ3) is 5.30. The number of nitrogens with one attached hydrogen (secondary N) is 1. The second kappa shape index (κ2) is 9.55. The van der Waals surface area contributed by atoms with Gasteiger partial charge >= 0.3 is 6.09 Å². The number of alkyl carbamates (subject to hydrolysis) is 1. The predicted octanol–water partition coefficient (Wildman–Crippen LogP) is 2.40. The second-order valence-corrected chi connectivity index (χ2v) is 5.52. The summed E-state index contributed by atoms with van der Waals surface area (Å²) in [6, 6.07) is 14.3. The average molecular weight is 359 g/mol. The first kappa shape index (κ1) is 19.4. The maximum absolute atomic E-state index is 12.2. The molecule has 7 heteroatoms. The lowest BCUT2D eigenvalue weighted by Gasteiger charge is -2.26. The van der Waals surface area contributed by atoms with E-state index in [1.807, 2.05) is 0 Å². The summed E-state index contributed by atoms with van der Waals surface area (Å²) in [5, 5.41) is 20.8.